The third-order valence-electron chi connectivity index (χ3n) is 5.44. The van der Waals surface area contributed by atoms with Crippen molar-refractivity contribution in [1.82, 2.24) is 9.29 Å². The van der Waals surface area contributed by atoms with Crippen LogP contribution < -0.4 is 14.3 Å². The van der Waals surface area contributed by atoms with Gasteiger partial charge in [0.1, 0.15) is 12.4 Å². The molecule has 6 nitrogen and oxygen atoms in total. The average Bonchev–Trinajstić information content (AvgIpc) is 3.10. The van der Waals surface area contributed by atoms with E-state index in [1.165, 1.54) is 12.1 Å². The minimum absolute atomic E-state index is 0.105. The summed E-state index contributed by atoms with van der Waals surface area (Å²) >= 11 is 7.25. The summed E-state index contributed by atoms with van der Waals surface area (Å²) in [5.74, 6) is 0.736. The molecule has 4 rings (SSSR count). The van der Waals surface area contributed by atoms with E-state index in [0.29, 0.717) is 21.8 Å². The molecule has 1 heterocycles. The maximum Gasteiger partial charge on any atom is 0.308 e. The number of aromatic nitrogens is 1. The van der Waals surface area contributed by atoms with Gasteiger partial charge in [0.25, 0.3) is 0 Å². The van der Waals surface area contributed by atoms with Crippen molar-refractivity contribution in [2.45, 2.75) is 25.3 Å². The predicted octanol–water partition coefficient (Wildman–Crippen LogP) is 4.74. The van der Waals surface area contributed by atoms with Gasteiger partial charge in [0, 0.05) is 11.6 Å². The van der Waals surface area contributed by atoms with Crippen LogP contribution in [0, 0.1) is 13.8 Å². The van der Waals surface area contributed by atoms with Crippen LogP contribution in [-0.2, 0) is 16.6 Å². The molecule has 0 fully saturated rings. The van der Waals surface area contributed by atoms with E-state index in [4.69, 9.17) is 16.3 Å². The molecule has 0 aliphatic rings. The Bertz CT molecular complexity index is 1480. The van der Waals surface area contributed by atoms with Gasteiger partial charge >= 0.3 is 4.87 Å². The number of benzene rings is 3. The van der Waals surface area contributed by atoms with Gasteiger partial charge in [-0.25, -0.2) is 13.1 Å². The van der Waals surface area contributed by atoms with Gasteiger partial charge in [0.05, 0.1) is 21.7 Å². The van der Waals surface area contributed by atoms with Gasteiger partial charge in [0.2, 0.25) is 10.0 Å². The van der Waals surface area contributed by atoms with Crippen molar-refractivity contribution in [3.05, 3.63) is 92.0 Å². The smallest absolute Gasteiger partial charge is 0.308 e. The first-order valence-electron chi connectivity index (χ1n) is 10.3. The highest BCUT2D eigenvalue weighted by atomic mass is 35.5. The molecule has 9 heteroatoms. The minimum Gasteiger partial charge on any atom is -0.492 e. The van der Waals surface area contributed by atoms with Crippen LogP contribution in [0.15, 0.2) is 70.4 Å². The molecule has 1 aromatic heterocycles. The Balaban J connectivity index is 1.48. The zero-order valence-corrected chi connectivity index (χ0v) is 20.6. The monoisotopic (exact) mass is 502 g/mol. The number of fused-ring (bicyclic) bond motifs is 1. The quantitative estimate of drug-likeness (QED) is 0.353. The molecule has 0 bridgehead atoms. The van der Waals surface area contributed by atoms with E-state index >= 15 is 0 Å². The molecule has 0 atom stereocenters. The Hall–Kier alpha value is -2.65. The van der Waals surface area contributed by atoms with Crippen LogP contribution in [0.25, 0.3) is 10.2 Å². The number of thiazole rings is 1. The maximum atomic E-state index is 12.8. The van der Waals surface area contributed by atoms with Crippen LogP contribution in [0.1, 0.15) is 16.7 Å². The van der Waals surface area contributed by atoms with E-state index in [0.717, 1.165) is 33.8 Å². The summed E-state index contributed by atoms with van der Waals surface area (Å²) in [6.45, 7) is 4.61. The first-order valence-corrected chi connectivity index (χ1v) is 13.0. The average molecular weight is 503 g/mol. The van der Waals surface area contributed by atoms with Gasteiger partial charge in [-0.05, 0) is 60.9 Å². The second-order valence-corrected chi connectivity index (χ2v) is 10.8. The zero-order valence-electron chi connectivity index (χ0n) is 18.2. The third kappa shape index (κ3) is 5.14. The third-order valence-corrected chi connectivity index (χ3v) is 8.21. The number of halogens is 1. The first kappa shape index (κ1) is 23.5. The van der Waals surface area contributed by atoms with Gasteiger partial charge in [-0.15, -0.1) is 0 Å². The van der Waals surface area contributed by atoms with Gasteiger partial charge in [-0.2, -0.15) is 0 Å². The lowest BCUT2D eigenvalue weighted by Gasteiger charge is -2.12. The molecular formula is C24H23ClN2O4S2. The normalized spacial score (nSPS) is 11.7. The fraction of sp³-hybridized carbons (Fsp3) is 0.208. The van der Waals surface area contributed by atoms with Crippen molar-refractivity contribution in [3.8, 4) is 5.75 Å². The highest BCUT2D eigenvalue weighted by molar-refractivity contribution is 7.89. The second-order valence-electron chi connectivity index (χ2n) is 7.62. The molecule has 1 N–H and O–H groups in total. The van der Waals surface area contributed by atoms with Gasteiger partial charge in [-0.3, -0.25) is 9.36 Å². The molecule has 4 aromatic rings. The lowest BCUT2D eigenvalue weighted by Crippen LogP contribution is -2.28. The topological polar surface area (TPSA) is 77.4 Å². The zero-order chi connectivity index (χ0) is 23.6. The fourth-order valence-corrected chi connectivity index (χ4v) is 5.70. The van der Waals surface area contributed by atoms with E-state index < -0.39 is 10.0 Å². The highest BCUT2D eigenvalue weighted by Gasteiger charge is 2.17. The van der Waals surface area contributed by atoms with Crippen molar-refractivity contribution >= 4 is 43.2 Å². The lowest BCUT2D eigenvalue weighted by molar-refractivity contribution is 0.320. The van der Waals surface area contributed by atoms with Crippen LogP contribution in [-0.4, -0.2) is 26.1 Å². The van der Waals surface area contributed by atoms with Gasteiger partial charge in [-0.1, -0.05) is 53.3 Å². The first-order chi connectivity index (χ1) is 15.8. The summed E-state index contributed by atoms with van der Waals surface area (Å²) in [7, 11) is -3.75. The molecule has 0 amide bonds. The molecule has 0 radical (unpaired) electrons. The number of hydrogen-bond acceptors (Lipinski definition) is 5. The van der Waals surface area contributed by atoms with Crippen LogP contribution in [0.2, 0.25) is 5.02 Å². The summed E-state index contributed by atoms with van der Waals surface area (Å²) in [6, 6.07) is 17.8. The summed E-state index contributed by atoms with van der Waals surface area (Å²) < 4.78 is 36.0. The van der Waals surface area contributed by atoms with Crippen molar-refractivity contribution in [2.75, 3.05) is 13.2 Å². The standard InChI is InChI=1S/C24H23ClN2O4S2/c1-16-6-5-9-22(17(16)2)31-13-12-26-33(29,30)19-10-11-21-23(14-19)32-24(28)27(21)15-18-7-3-4-8-20(18)25/h3-11,14,26H,12-13,15H2,1-2H3. The second kappa shape index (κ2) is 9.69. The summed E-state index contributed by atoms with van der Waals surface area (Å²) in [5.41, 5.74) is 3.63. The Labute approximate surface area is 201 Å². The highest BCUT2D eigenvalue weighted by Crippen LogP contribution is 2.24. The predicted molar refractivity (Wildman–Crippen MR) is 133 cm³/mol. The maximum absolute atomic E-state index is 12.8. The molecule has 0 aliphatic heterocycles. The lowest BCUT2D eigenvalue weighted by atomic mass is 10.1. The number of ether oxygens (including phenoxy) is 1. The van der Waals surface area contributed by atoms with Gasteiger partial charge < -0.3 is 4.74 Å². The number of sulfonamides is 1. The summed E-state index contributed by atoms with van der Waals surface area (Å²) in [6.07, 6.45) is 0. The van der Waals surface area contributed by atoms with E-state index in [1.807, 2.05) is 50.2 Å². The number of hydrogen-bond donors (Lipinski definition) is 1. The molecular weight excluding hydrogens is 480 g/mol. The molecule has 33 heavy (non-hydrogen) atoms. The Kier molecular flexibility index (Phi) is 6.90. The molecule has 0 saturated carbocycles. The van der Waals surface area contributed by atoms with Crippen LogP contribution in [0.4, 0.5) is 0 Å². The van der Waals surface area contributed by atoms with E-state index in [2.05, 4.69) is 4.72 Å². The fourth-order valence-electron chi connectivity index (χ4n) is 3.46. The molecule has 172 valence electrons. The Morgan fingerprint density at radius 3 is 2.64 bits per heavy atom. The van der Waals surface area contributed by atoms with Gasteiger partial charge in [0.15, 0.2) is 0 Å². The van der Waals surface area contributed by atoms with E-state index in [1.54, 1.807) is 16.7 Å². The Morgan fingerprint density at radius 1 is 1.06 bits per heavy atom. The molecule has 0 saturated heterocycles. The molecule has 0 spiro atoms. The molecule has 0 aliphatic carbocycles. The van der Waals surface area contributed by atoms with Crippen LogP contribution in [0.3, 0.4) is 0 Å². The number of nitrogens with zero attached hydrogens (tertiary/aromatic N) is 1. The van der Waals surface area contributed by atoms with Crippen molar-refractivity contribution in [1.29, 1.82) is 0 Å². The van der Waals surface area contributed by atoms with Crippen molar-refractivity contribution in [2.24, 2.45) is 0 Å². The molecule has 0 unspecified atom stereocenters. The Morgan fingerprint density at radius 2 is 1.85 bits per heavy atom. The SMILES string of the molecule is Cc1cccc(OCCNS(=O)(=O)c2ccc3c(c2)sc(=O)n3Cc2ccccc2Cl)c1C. The summed E-state index contributed by atoms with van der Waals surface area (Å²) in [5, 5.41) is 0.579. The van der Waals surface area contributed by atoms with E-state index in [9.17, 15) is 13.2 Å². The molecule has 3 aromatic carbocycles. The van der Waals surface area contributed by atoms with E-state index in [-0.39, 0.29) is 22.9 Å². The largest absolute Gasteiger partial charge is 0.492 e. The number of nitrogens with one attached hydrogen (secondary N) is 1. The number of rotatable bonds is 8. The minimum atomic E-state index is -3.75. The number of aryl methyl sites for hydroxylation is 1. The summed E-state index contributed by atoms with van der Waals surface area (Å²) in [4.78, 5) is 12.5. The van der Waals surface area contributed by atoms with Crippen molar-refractivity contribution < 1.29 is 13.2 Å². The van der Waals surface area contributed by atoms with Crippen molar-refractivity contribution in [3.63, 3.8) is 0 Å². The van der Waals surface area contributed by atoms with Crippen LogP contribution in [0.5, 0.6) is 5.75 Å². The van der Waals surface area contributed by atoms with Crippen LogP contribution >= 0.6 is 22.9 Å².